The second-order valence-corrected chi connectivity index (χ2v) is 15.6. The maximum atomic E-state index is 13.4. The van der Waals surface area contributed by atoms with E-state index in [0.29, 0.717) is 18.6 Å². The maximum Gasteiger partial charge on any atom is 0.245 e. The number of rotatable bonds is 25. The summed E-state index contributed by atoms with van der Waals surface area (Å²) in [6.45, 7) is 7.21. The largest absolute Gasteiger partial charge is 0.394 e. The van der Waals surface area contributed by atoms with Gasteiger partial charge in [-0.05, 0) is 76.3 Å². The average molecular weight is 800 g/mol. The summed E-state index contributed by atoms with van der Waals surface area (Å²) in [5, 5.41) is 27.7. The molecule has 0 aromatic rings. The zero-order chi connectivity index (χ0) is 41.7. The Balaban J connectivity index is 2.94. The summed E-state index contributed by atoms with van der Waals surface area (Å²) in [6, 6.07) is -7.82. The molecule has 0 bridgehead atoms. The summed E-state index contributed by atoms with van der Waals surface area (Å²) in [6.07, 6.45) is 8.40. The molecule has 1 saturated carbocycles. The number of carbonyl (C=O) groups is 8. The van der Waals surface area contributed by atoms with Crippen LogP contribution >= 0.6 is 11.8 Å². The van der Waals surface area contributed by atoms with Gasteiger partial charge in [-0.3, -0.25) is 38.4 Å². The van der Waals surface area contributed by atoms with Gasteiger partial charge in [0.1, 0.15) is 42.3 Å². The van der Waals surface area contributed by atoms with Crippen LogP contribution in [0, 0.1) is 11.8 Å². The van der Waals surface area contributed by atoms with Gasteiger partial charge in [0.2, 0.25) is 47.3 Å². The number of hydrogen-bond acceptors (Lipinski definition) is 11. The van der Waals surface area contributed by atoms with Crippen molar-refractivity contribution in [2.75, 3.05) is 25.2 Å². The number of amides is 8. The van der Waals surface area contributed by atoms with Gasteiger partial charge in [-0.2, -0.15) is 11.8 Å². The standard InChI is InChI=1S/C36H65N9O9S/c1-20(2)17-27(30(38)48)44-36(54)29(19-46)45-32(50)22(4)40-34(52)26(14-16-55-6)42-31(49)21(3)39-33(51)25(13-10-15-37)43-35(53)28(41-23(5)47)18-24-11-8-7-9-12-24/h20-22,24-29,46H,7-19,37H2,1-6H3,(H2,38,48)(H,39,51)(H,40,52)(H,41,47)(H,42,49)(H,43,53)(H,44,54)(H,45,50)/t21-,22-,25-,26-,27-,28-,29-/m0/s1. The monoisotopic (exact) mass is 799 g/mol. The van der Waals surface area contributed by atoms with E-state index < -0.39 is 90.3 Å². The minimum atomic E-state index is -1.44. The fourth-order valence-electron chi connectivity index (χ4n) is 6.14. The normalized spacial score (nSPS) is 16.9. The molecule has 8 amide bonds. The Morgan fingerprint density at radius 3 is 1.60 bits per heavy atom. The number of thioether (sulfide) groups is 1. The first kappa shape index (κ1) is 49.0. The molecule has 19 heteroatoms. The lowest BCUT2D eigenvalue weighted by molar-refractivity contribution is -0.135. The van der Waals surface area contributed by atoms with Crippen LogP contribution in [0.25, 0.3) is 0 Å². The highest BCUT2D eigenvalue weighted by Crippen LogP contribution is 2.27. The van der Waals surface area contributed by atoms with Gasteiger partial charge in [-0.15, -0.1) is 0 Å². The zero-order valence-electron chi connectivity index (χ0n) is 33.2. The Morgan fingerprint density at radius 2 is 1.13 bits per heavy atom. The quantitative estimate of drug-likeness (QED) is 0.0503. The van der Waals surface area contributed by atoms with Gasteiger partial charge >= 0.3 is 0 Å². The minimum absolute atomic E-state index is 0.0191. The first-order valence-electron chi connectivity index (χ1n) is 19.1. The van der Waals surface area contributed by atoms with E-state index in [1.807, 2.05) is 13.8 Å². The maximum absolute atomic E-state index is 13.4. The van der Waals surface area contributed by atoms with Crippen LogP contribution in [0.15, 0.2) is 0 Å². The molecule has 0 unspecified atom stereocenters. The van der Waals surface area contributed by atoms with Gasteiger partial charge in [0, 0.05) is 6.92 Å². The van der Waals surface area contributed by atoms with Crippen molar-refractivity contribution >= 4 is 59.0 Å². The van der Waals surface area contributed by atoms with Gasteiger partial charge in [0.25, 0.3) is 0 Å². The molecule has 55 heavy (non-hydrogen) atoms. The number of primary amides is 1. The van der Waals surface area contributed by atoms with E-state index in [1.165, 1.54) is 32.5 Å². The van der Waals surface area contributed by atoms with Crippen molar-refractivity contribution in [3.63, 3.8) is 0 Å². The SMILES string of the molecule is CSCC[C@H](NC(=O)[C@H](C)NC(=O)[C@H](CCCN)NC(=O)[C@H](CC1CCCCC1)NC(C)=O)C(=O)N[C@@H](C)C(=O)N[C@@H](CO)C(=O)N[C@@H](CC(C)C)C(N)=O. The van der Waals surface area contributed by atoms with E-state index in [1.54, 1.807) is 6.26 Å². The molecule has 0 heterocycles. The van der Waals surface area contributed by atoms with Crippen molar-refractivity contribution in [3.8, 4) is 0 Å². The molecule has 18 nitrogen and oxygen atoms in total. The van der Waals surface area contributed by atoms with Gasteiger partial charge in [0.15, 0.2) is 0 Å². The summed E-state index contributed by atoms with van der Waals surface area (Å²) in [4.78, 5) is 103. The van der Waals surface area contributed by atoms with Gasteiger partial charge < -0.3 is 53.8 Å². The molecule has 0 aliphatic heterocycles. The Morgan fingerprint density at radius 1 is 0.655 bits per heavy atom. The fraction of sp³-hybridized carbons (Fsp3) is 0.778. The molecular weight excluding hydrogens is 735 g/mol. The molecular formula is C36H65N9O9S. The van der Waals surface area contributed by atoms with Crippen molar-refractivity contribution in [1.29, 1.82) is 0 Å². The Hall–Kier alpha value is -3.97. The molecule has 0 spiro atoms. The summed E-state index contributed by atoms with van der Waals surface area (Å²) < 4.78 is 0. The number of nitrogens with two attached hydrogens (primary N) is 2. The van der Waals surface area contributed by atoms with Crippen LogP contribution < -0.4 is 48.7 Å². The van der Waals surface area contributed by atoms with Crippen LogP contribution in [0.1, 0.15) is 98.8 Å². The van der Waals surface area contributed by atoms with Crippen molar-refractivity contribution in [2.24, 2.45) is 23.3 Å². The third kappa shape index (κ3) is 19.0. The molecule has 0 aromatic carbocycles. The molecule has 0 aromatic heterocycles. The average Bonchev–Trinajstić information content (AvgIpc) is 3.12. The Labute approximate surface area is 328 Å². The topological polar surface area (TPSA) is 293 Å². The van der Waals surface area contributed by atoms with E-state index in [2.05, 4.69) is 37.2 Å². The highest BCUT2D eigenvalue weighted by molar-refractivity contribution is 7.98. The molecule has 1 aliphatic rings. The number of carbonyl (C=O) groups excluding carboxylic acids is 8. The van der Waals surface area contributed by atoms with E-state index in [4.69, 9.17) is 11.5 Å². The van der Waals surface area contributed by atoms with Crippen LogP contribution in [-0.4, -0.2) is 120 Å². The predicted octanol–water partition coefficient (Wildman–Crippen LogP) is -1.57. The number of nitrogens with one attached hydrogen (secondary N) is 7. The predicted molar refractivity (Wildman–Crippen MR) is 209 cm³/mol. The van der Waals surface area contributed by atoms with Crippen molar-refractivity contribution in [1.82, 2.24) is 37.2 Å². The summed E-state index contributed by atoms with van der Waals surface area (Å²) in [7, 11) is 0. The Kier molecular flexibility index (Phi) is 23.2. The lowest BCUT2D eigenvalue weighted by Crippen LogP contribution is -2.59. The first-order chi connectivity index (χ1) is 25.9. The number of aliphatic hydroxyl groups excluding tert-OH is 1. The highest BCUT2D eigenvalue weighted by Gasteiger charge is 2.32. The molecule has 7 atom stereocenters. The van der Waals surface area contributed by atoms with E-state index in [0.717, 1.165) is 32.1 Å². The van der Waals surface area contributed by atoms with Crippen molar-refractivity contribution < 1.29 is 43.5 Å². The lowest BCUT2D eigenvalue weighted by Gasteiger charge is -2.28. The van der Waals surface area contributed by atoms with Gasteiger partial charge in [-0.1, -0.05) is 46.0 Å². The summed E-state index contributed by atoms with van der Waals surface area (Å²) in [5.41, 5.74) is 11.1. The summed E-state index contributed by atoms with van der Waals surface area (Å²) >= 11 is 1.42. The van der Waals surface area contributed by atoms with Gasteiger partial charge in [-0.25, -0.2) is 0 Å². The third-order valence-electron chi connectivity index (χ3n) is 9.25. The van der Waals surface area contributed by atoms with E-state index in [-0.39, 0.29) is 43.6 Å². The highest BCUT2D eigenvalue weighted by atomic mass is 32.2. The summed E-state index contributed by atoms with van der Waals surface area (Å²) in [5.74, 6) is -4.62. The molecule has 1 rings (SSSR count). The fourth-order valence-corrected chi connectivity index (χ4v) is 6.61. The molecule has 1 fully saturated rings. The molecule has 1 aliphatic carbocycles. The molecule has 12 N–H and O–H groups in total. The van der Waals surface area contributed by atoms with Crippen LogP contribution in [0.5, 0.6) is 0 Å². The number of hydrogen-bond donors (Lipinski definition) is 10. The molecule has 314 valence electrons. The van der Waals surface area contributed by atoms with Gasteiger partial charge in [0.05, 0.1) is 6.61 Å². The first-order valence-corrected chi connectivity index (χ1v) is 20.5. The second kappa shape index (κ2) is 26.0. The van der Waals surface area contributed by atoms with Crippen LogP contribution in [0.3, 0.4) is 0 Å². The third-order valence-corrected chi connectivity index (χ3v) is 9.89. The Bertz CT molecular complexity index is 1300. The van der Waals surface area contributed by atoms with E-state index in [9.17, 15) is 43.5 Å². The van der Waals surface area contributed by atoms with Crippen LogP contribution in [-0.2, 0) is 38.4 Å². The zero-order valence-corrected chi connectivity index (χ0v) is 34.0. The lowest BCUT2D eigenvalue weighted by atomic mass is 9.84. The smallest absolute Gasteiger partial charge is 0.245 e. The molecule has 0 radical (unpaired) electrons. The van der Waals surface area contributed by atoms with Crippen LogP contribution in [0.2, 0.25) is 0 Å². The minimum Gasteiger partial charge on any atom is -0.394 e. The number of aliphatic hydroxyl groups is 1. The second-order valence-electron chi connectivity index (χ2n) is 14.6. The van der Waals surface area contributed by atoms with Crippen molar-refractivity contribution in [3.05, 3.63) is 0 Å². The molecule has 0 saturated heterocycles. The van der Waals surface area contributed by atoms with E-state index >= 15 is 0 Å². The van der Waals surface area contributed by atoms with Crippen molar-refractivity contribution in [2.45, 2.75) is 141 Å². The van der Waals surface area contributed by atoms with Crippen LogP contribution in [0.4, 0.5) is 0 Å².